The Balaban J connectivity index is 1.64. The van der Waals surface area contributed by atoms with Crippen LogP contribution in [0, 0.1) is 0 Å². The summed E-state index contributed by atoms with van der Waals surface area (Å²) >= 11 is 5.79. The van der Waals surface area contributed by atoms with Crippen LogP contribution in [-0.4, -0.2) is 25.2 Å². The van der Waals surface area contributed by atoms with E-state index in [9.17, 15) is 18.0 Å². The number of pyridine rings is 1. The summed E-state index contributed by atoms with van der Waals surface area (Å²) in [5.41, 5.74) is 0.940. The van der Waals surface area contributed by atoms with Gasteiger partial charge in [-0.3, -0.25) is 14.6 Å². The number of hydrogen-bond donors (Lipinski definition) is 2. The Morgan fingerprint density at radius 1 is 1.07 bits per heavy atom. The van der Waals surface area contributed by atoms with E-state index in [2.05, 4.69) is 15.6 Å². The molecule has 0 radical (unpaired) electrons. The number of halogens is 1. The molecule has 3 aromatic rings. The van der Waals surface area contributed by atoms with Crippen molar-refractivity contribution in [2.24, 2.45) is 0 Å². The Hall–Kier alpha value is -3.23. The van der Waals surface area contributed by atoms with E-state index in [1.165, 1.54) is 36.5 Å². The highest BCUT2D eigenvalue weighted by Gasteiger charge is 2.31. The molecule has 0 atom stereocenters. The Kier molecular flexibility index (Phi) is 4.81. The number of benzene rings is 2. The van der Waals surface area contributed by atoms with Gasteiger partial charge >= 0.3 is 0 Å². The fourth-order valence-electron chi connectivity index (χ4n) is 2.98. The molecule has 0 bridgehead atoms. The summed E-state index contributed by atoms with van der Waals surface area (Å²) in [5.74, 6) is -0.983. The van der Waals surface area contributed by atoms with Crippen LogP contribution in [0.15, 0.2) is 70.6 Å². The summed E-state index contributed by atoms with van der Waals surface area (Å²) in [5, 5.41) is 5.77. The number of fused-ring (bicyclic) bond motifs is 2. The summed E-state index contributed by atoms with van der Waals surface area (Å²) < 4.78 is 25.9. The molecule has 4 rings (SSSR count). The van der Waals surface area contributed by atoms with Crippen molar-refractivity contribution in [3.63, 3.8) is 0 Å². The molecule has 9 heteroatoms. The van der Waals surface area contributed by atoms with E-state index >= 15 is 0 Å². The molecule has 0 saturated carbocycles. The van der Waals surface area contributed by atoms with Gasteiger partial charge in [-0.2, -0.15) is 0 Å². The smallest absolute Gasteiger partial charge is 0.257 e. The Morgan fingerprint density at radius 2 is 1.86 bits per heavy atom. The van der Waals surface area contributed by atoms with Crippen LogP contribution in [0.25, 0.3) is 0 Å². The minimum absolute atomic E-state index is 0.0588. The third-order valence-electron chi connectivity index (χ3n) is 4.42. The fourth-order valence-corrected chi connectivity index (χ4v) is 4.69. The zero-order chi connectivity index (χ0) is 20.6. The van der Waals surface area contributed by atoms with Gasteiger partial charge in [-0.25, -0.2) is 8.42 Å². The third-order valence-corrected chi connectivity index (χ3v) is 6.51. The first-order chi connectivity index (χ1) is 13.9. The summed E-state index contributed by atoms with van der Waals surface area (Å²) in [6.45, 7) is 0.170. The lowest BCUT2D eigenvalue weighted by Crippen LogP contribution is -2.23. The van der Waals surface area contributed by atoms with Crippen LogP contribution < -0.4 is 10.6 Å². The van der Waals surface area contributed by atoms with Gasteiger partial charge < -0.3 is 10.6 Å². The number of amides is 2. The zero-order valence-corrected chi connectivity index (χ0v) is 16.4. The number of anilines is 1. The van der Waals surface area contributed by atoms with Crippen LogP contribution in [0.2, 0.25) is 5.02 Å². The molecule has 1 aliphatic heterocycles. The quantitative estimate of drug-likeness (QED) is 0.668. The standard InChI is InChI=1S/C20H14ClN3O4S/c21-13-6-7-14(22-10-13)11-23-19(25)12-5-8-18-16(9-12)24-20(26)15-3-1-2-4-17(15)29(18,27)28/h1-10H,11H2,(H,23,25)(H,24,26). The van der Waals surface area contributed by atoms with Crippen molar-refractivity contribution in [1.82, 2.24) is 10.3 Å². The molecular formula is C20H14ClN3O4S. The molecule has 0 unspecified atom stereocenters. The van der Waals surface area contributed by atoms with Gasteiger partial charge in [-0.05, 0) is 42.5 Å². The molecule has 146 valence electrons. The molecule has 0 fully saturated rings. The van der Waals surface area contributed by atoms with E-state index in [-0.39, 0.29) is 33.2 Å². The number of sulfone groups is 1. The monoisotopic (exact) mass is 427 g/mol. The highest BCUT2D eigenvalue weighted by molar-refractivity contribution is 7.91. The maximum absolute atomic E-state index is 13.0. The van der Waals surface area contributed by atoms with Gasteiger partial charge in [0.25, 0.3) is 11.8 Å². The topological polar surface area (TPSA) is 105 Å². The van der Waals surface area contributed by atoms with Crippen molar-refractivity contribution in [1.29, 1.82) is 0 Å². The van der Waals surface area contributed by atoms with Gasteiger partial charge in [0.1, 0.15) is 0 Å². The van der Waals surface area contributed by atoms with Gasteiger partial charge in [0.2, 0.25) is 9.84 Å². The Bertz CT molecular complexity index is 1240. The average molecular weight is 428 g/mol. The molecule has 2 aromatic carbocycles. The van der Waals surface area contributed by atoms with Crippen LogP contribution in [0.5, 0.6) is 0 Å². The fraction of sp³-hybridized carbons (Fsp3) is 0.0500. The van der Waals surface area contributed by atoms with E-state index in [4.69, 9.17) is 11.6 Å². The maximum atomic E-state index is 13.0. The number of aromatic nitrogens is 1. The first kappa shape index (κ1) is 19.1. The van der Waals surface area contributed by atoms with Crippen molar-refractivity contribution in [2.75, 3.05) is 5.32 Å². The van der Waals surface area contributed by atoms with Gasteiger partial charge in [0.15, 0.2) is 0 Å². The molecule has 2 heterocycles. The molecule has 0 spiro atoms. The van der Waals surface area contributed by atoms with Crippen molar-refractivity contribution >= 4 is 38.9 Å². The lowest BCUT2D eigenvalue weighted by atomic mass is 10.1. The molecule has 7 nitrogen and oxygen atoms in total. The molecule has 0 saturated heterocycles. The minimum Gasteiger partial charge on any atom is -0.346 e. The van der Waals surface area contributed by atoms with Crippen molar-refractivity contribution < 1.29 is 18.0 Å². The van der Waals surface area contributed by atoms with Crippen molar-refractivity contribution in [3.05, 3.63) is 82.6 Å². The Morgan fingerprint density at radius 3 is 2.62 bits per heavy atom. The molecule has 0 aliphatic carbocycles. The van der Waals surface area contributed by atoms with Crippen LogP contribution in [0.1, 0.15) is 26.4 Å². The predicted molar refractivity (Wildman–Crippen MR) is 107 cm³/mol. The lowest BCUT2D eigenvalue weighted by molar-refractivity contribution is 0.0949. The second-order valence-electron chi connectivity index (χ2n) is 6.32. The maximum Gasteiger partial charge on any atom is 0.257 e. The minimum atomic E-state index is -3.91. The molecule has 1 aromatic heterocycles. The third kappa shape index (κ3) is 3.59. The van der Waals surface area contributed by atoms with Crippen LogP contribution in [0.3, 0.4) is 0 Å². The SMILES string of the molecule is O=C(NCc1ccc(Cl)cn1)c1ccc2c(c1)NC(=O)c1ccccc1S2(=O)=O. The molecule has 2 amide bonds. The Labute approximate surface area is 171 Å². The number of nitrogens with zero attached hydrogens (tertiary/aromatic N) is 1. The van der Waals surface area contributed by atoms with E-state index in [0.717, 1.165) is 0 Å². The van der Waals surface area contributed by atoms with Gasteiger partial charge in [-0.15, -0.1) is 0 Å². The van der Waals surface area contributed by atoms with Crippen LogP contribution in [0.4, 0.5) is 5.69 Å². The molecule has 1 aliphatic rings. The molecule has 29 heavy (non-hydrogen) atoms. The zero-order valence-electron chi connectivity index (χ0n) is 14.8. The number of hydrogen-bond acceptors (Lipinski definition) is 5. The summed E-state index contributed by atoms with van der Waals surface area (Å²) in [7, 11) is -3.91. The predicted octanol–water partition coefficient (Wildman–Crippen LogP) is 3.06. The number of nitrogens with one attached hydrogen (secondary N) is 2. The van der Waals surface area contributed by atoms with Crippen LogP contribution in [-0.2, 0) is 16.4 Å². The highest BCUT2D eigenvalue weighted by Crippen LogP contribution is 2.34. The lowest BCUT2D eigenvalue weighted by Gasteiger charge is -2.10. The second kappa shape index (κ2) is 7.31. The van der Waals surface area contributed by atoms with Gasteiger partial charge in [-0.1, -0.05) is 23.7 Å². The largest absolute Gasteiger partial charge is 0.346 e. The second-order valence-corrected chi connectivity index (χ2v) is 8.64. The van der Waals surface area contributed by atoms with Crippen molar-refractivity contribution in [2.45, 2.75) is 16.3 Å². The van der Waals surface area contributed by atoms with Crippen LogP contribution >= 0.6 is 11.6 Å². The van der Waals surface area contributed by atoms with Gasteiger partial charge in [0, 0.05) is 11.8 Å². The van der Waals surface area contributed by atoms with Gasteiger partial charge in [0.05, 0.1) is 38.3 Å². The highest BCUT2D eigenvalue weighted by atomic mass is 35.5. The normalized spacial score (nSPS) is 14.2. The number of rotatable bonds is 3. The first-order valence-corrected chi connectivity index (χ1v) is 10.4. The van der Waals surface area contributed by atoms with Crippen molar-refractivity contribution in [3.8, 4) is 0 Å². The summed E-state index contributed by atoms with van der Waals surface area (Å²) in [6.07, 6.45) is 1.48. The van der Waals surface area contributed by atoms with E-state index in [0.29, 0.717) is 10.7 Å². The summed E-state index contributed by atoms with van der Waals surface area (Å²) in [6, 6.07) is 13.4. The average Bonchev–Trinajstić information content (AvgIpc) is 2.80. The van der Waals surface area contributed by atoms with E-state index in [1.54, 1.807) is 24.3 Å². The molecular weight excluding hydrogens is 414 g/mol. The van der Waals surface area contributed by atoms with E-state index < -0.39 is 21.7 Å². The first-order valence-electron chi connectivity index (χ1n) is 8.54. The number of carbonyl (C=O) groups excluding carboxylic acids is 2. The number of carbonyl (C=O) groups is 2. The molecule has 2 N–H and O–H groups in total. The van der Waals surface area contributed by atoms with E-state index in [1.807, 2.05) is 0 Å². The summed E-state index contributed by atoms with van der Waals surface area (Å²) in [4.78, 5) is 28.9.